The second-order valence-corrected chi connectivity index (χ2v) is 4.63. The molecule has 1 unspecified atom stereocenters. The van der Waals surface area contributed by atoms with E-state index >= 15 is 0 Å². The molecule has 1 atom stereocenters. The van der Waals surface area contributed by atoms with Gasteiger partial charge in [0.05, 0.1) is 11.2 Å². The van der Waals surface area contributed by atoms with Gasteiger partial charge in [-0.1, -0.05) is 13.8 Å². The van der Waals surface area contributed by atoms with Crippen LogP contribution in [0, 0.1) is 5.92 Å². The molecule has 0 aliphatic rings. The number of carboxylic acid groups (broad SMARTS) is 1. The lowest BCUT2D eigenvalue weighted by Crippen LogP contribution is -2.37. The van der Waals surface area contributed by atoms with Crippen molar-refractivity contribution in [2.45, 2.75) is 26.4 Å². The van der Waals surface area contributed by atoms with E-state index in [1.165, 1.54) is 12.1 Å². The lowest BCUT2D eigenvalue weighted by atomic mass is 9.94. The summed E-state index contributed by atoms with van der Waals surface area (Å²) in [6.07, 6.45) is 0. The highest BCUT2D eigenvalue weighted by Crippen LogP contribution is 2.19. The normalized spacial score (nSPS) is 14.4. The minimum absolute atomic E-state index is 0.0841. The molecule has 0 heterocycles. The van der Waals surface area contributed by atoms with Crippen molar-refractivity contribution in [1.82, 2.24) is 0 Å². The van der Waals surface area contributed by atoms with E-state index in [1.807, 2.05) is 13.8 Å². The van der Waals surface area contributed by atoms with E-state index in [-0.39, 0.29) is 18.1 Å². The van der Waals surface area contributed by atoms with Crippen LogP contribution in [0.1, 0.15) is 31.1 Å². The third kappa shape index (κ3) is 3.75. The van der Waals surface area contributed by atoms with Crippen LogP contribution < -0.4 is 4.74 Å². The Hall–Kier alpha value is -1.55. The molecule has 0 radical (unpaired) electrons. The molecule has 2 N–H and O–H groups in total. The summed E-state index contributed by atoms with van der Waals surface area (Å²) in [5, 5.41) is 18.7. The first-order valence-electron chi connectivity index (χ1n) is 5.51. The minimum atomic E-state index is -0.967. The first-order chi connectivity index (χ1) is 7.83. The fourth-order valence-corrected chi connectivity index (χ4v) is 1.09. The van der Waals surface area contributed by atoms with Crippen molar-refractivity contribution < 1.29 is 19.7 Å². The van der Waals surface area contributed by atoms with Crippen molar-refractivity contribution >= 4 is 5.97 Å². The van der Waals surface area contributed by atoms with Gasteiger partial charge in [0.15, 0.2) is 0 Å². The Morgan fingerprint density at radius 3 is 2.29 bits per heavy atom. The van der Waals surface area contributed by atoms with Gasteiger partial charge in [-0.05, 0) is 37.1 Å². The molecule has 1 aromatic rings. The summed E-state index contributed by atoms with van der Waals surface area (Å²) < 4.78 is 5.42. The zero-order chi connectivity index (χ0) is 13.1. The molecule has 4 nitrogen and oxygen atoms in total. The van der Waals surface area contributed by atoms with Gasteiger partial charge < -0.3 is 14.9 Å². The van der Waals surface area contributed by atoms with Crippen LogP contribution in [0.4, 0.5) is 0 Å². The van der Waals surface area contributed by atoms with Crippen molar-refractivity contribution in [1.29, 1.82) is 0 Å². The molecule has 0 aliphatic carbocycles. The standard InChI is InChI=1S/C13H18O4/c1-9(2)13(3,16)8-17-11-6-4-10(5-7-11)12(14)15/h4-7,9,16H,8H2,1-3H3,(H,14,15). The van der Waals surface area contributed by atoms with E-state index in [9.17, 15) is 9.90 Å². The van der Waals surface area contributed by atoms with Crippen LogP contribution in [0.5, 0.6) is 5.75 Å². The molecule has 0 aromatic heterocycles. The summed E-state index contributed by atoms with van der Waals surface area (Å²) in [5.74, 6) is -0.331. The third-order valence-corrected chi connectivity index (χ3v) is 2.88. The molecule has 0 amide bonds. The topological polar surface area (TPSA) is 66.8 Å². The zero-order valence-corrected chi connectivity index (χ0v) is 10.3. The predicted octanol–water partition coefficient (Wildman–Crippen LogP) is 2.17. The molecule has 1 aromatic carbocycles. The maximum absolute atomic E-state index is 10.6. The molecule has 0 saturated carbocycles. The average molecular weight is 238 g/mol. The number of ether oxygens (including phenoxy) is 1. The summed E-state index contributed by atoms with van der Waals surface area (Å²) in [4.78, 5) is 10.6. The number of aliphatic hydroxyl groups is 1. The average Bonchev–Trinajstić information content (AvgIpc) is 2.27. The van der Waals surface area contributed by atoms with Crippen LogP contribution in [0.15, 0.2) is 24.3 Å². The molecular formula is C13H18O4. The maximum Gasteiger partial charge on any atom is 0.335 e. The van der Waals surface area contributed by atoms with Gasteiger partial charge in [-0.15, -0.1) is 0 Å². The van der Waals surface area contributed by atoms with Gasteiger partial charge in [-0.25, -0.2) is 4.79 Å². The van der Waals surface area contributed by atoms with Crippen LogP contribution in [0.3, 0.4) is 0 Å². The first kappa shape index (κ1) is 13.5. The van der Waals surface area contributed by atoms with Gasteiger partial charge in [0.25, 0.3) is 0 Å². The number of benzene rings is 1. The fraction of sp³-hybridized carbons (Fsp3) is 0.462. The largest absolute Gasteiger partial charge is 0.491 e. The Morgan fingerprint density at radius 1 is 1.35 bits per heavy atom. The van der Waals surface area contributed by atoms with Gasteiger partial charge >= 0.3 is 5.97 Å². The summed E-state index contributed by atoms with van der Waals surface area (Å²) in [5.41, 5.74) is -0.682. The van der Waals surface area contributed by atoms with Crippen molar-refractivity contribution in [3.63, 3.8) is 0 Å². The summed E-state index contributed by atoms with van der Waals surface area (Å²) in [6.45, 7) is 5.72. The van der Waals surface area contributed by atoms with E-state index in [2.05, 4.69) is 0 Å². The van der Waals surface area contributed by atoms with E-state index in [0.717, 1.165) is 0 Å². The Morgan fingerprint density at radius 2 is 1.88 bits per heavy atom. The number of carbonyl (C=O) groups is 1. The van der Waals surface area contributed by atoms with Crippen molar-refractivity contribution in [2.24, 2.45) is 5.92 Å². The van der Waals surface area contributed by atoms with E-state index in [4.69, 9.17) is 9.84 Å². The number of hydrogen-bond acceptors (Lipinski definition) is 3. The second-order valence-electron chi connectivity index (χ2n) is 4.63. The molecular weight excluding hydrogens is 220 g/mol. The monoisotopic (exact) mass is 238 g/mol. The number of rotatable bonds is 5. The summed E-state index contributed by atoms with van der Waals surface area (Å²) in [6, 6.07) is 6.11. The second kappa shape index (κ2) is 5.19. The minimum Gasteiger partial charge on any atom is -0.491 e. The SMILES string of the molecule is CC(C)C(C)(O)COc1ccc(C(=O)O)cc1. The lowest BCUT2D eigenvalue weighted by molar-refractivity contribution is -0.0266. The highest BCUT2D eigenvalue weighted by molar-refractivity contribution is 5.87. The Kier molecular flexibility index (Phi) is 4.12. The van der Waals surface area contributed by atoms with Gasteiger partial charge in [0.2, 0.25) is 0 Å². The van der Waals surface area contributed by atoms with Crippen LogP contribution in [-0.4, -0.2) is 28.4 Å². The predicted molar refractivity (Wildman–Crippen MR) is 64.4 cm³/mol. The molecule has 94 valence electrons. The van der Waals surface area contributed by atoms with Crippen LogP contribution in [-0.2, 0) is 0 Å². The van der Waals surface area contributed by atoms with E-state index in [0.29, 0.717) is 5.75 Å². The van der Waals surface area contributed by atoms with Gasteiger partial charge in [-0.3, -0.25) is 0 Å². The quantitative estimate of drug-likeness (QED) is 0.825. The van der Waals surface area contributed by atoms with Crippen LogP contribution in [0.2, 0.25) is 0 Å². The number of hydrogen-bond donors (Lipinski definition) is 2. The molecule has 0 saturated heterocycles. The van der Waals surface area contributed by atoms with Crippen LogP contribution >= 0.6 is 0 Å². The molecule has 17 heavy (non-hydrogen) atoms. The smallest absolute Gasteiger partial charge is 0.335 e. The highest BCUT2D eigenvalue weighted by Gasteiger charge is 2.25. The molecule has 0 spiro atoms. The Balaban J connectivity index is 2.62. The zero-order valence-electron chi connectivity index (χ0n) is 10.3. The first-order valence-corrected chi connectivity index (χ1v) is 5.51. The Bertz CT molecular complexity index is 379. The highest BCUT2D eigenvalue weighted by atomic mass is 16.5. The van der Waals surface area contributed by atoms with Crippen molar-refractivity contribution in [3.8, 4) is 5.75 Å². The summed E-state index contributed by atoms with van der Waals surface area (Å²) in [7, 11) is 0. The molecule has 0 fully saturated rings. The van der Waals surface area contributed by atoms with E-state index < -0.39 is 11.6 Å². The van der Waals surface area contributed by atoms with Crippen molar-refractivity contribution in [3.05, 3.63) is 29.8 Å². The lowest BCUT2D eigenvalue weighted by Gasteiger charge is -2.27. The number of aromatic carboxylic acids is 1. The molecule has 1 rings (SSSR count). The van der Waals surface area contributed by atoms with Gasteiger partial charge in [0, 0.05) is 0 Å². The molecule has 4 heteroatoms. The summed E-state index contributed by atoms with van der Waals surface area (Å²) >= 11 is 0. The third-order valence-electron chi connectivity index (χ3n) is 2.88. The van der Waals surface area contributed by atoms with Crippen molar-refractivity contribution in [2.75, 3.05) is 6.61 Å². The molecule has 0 bridgehead atoms. The van der Waals surface area contributed by atoms with E-state index in [1.54, 1.807) is 19.1 Å². The molecule has 0 aliphatic heterocycles. The maximum atomic E-state index is 10.6. The van der Waals surface area contributed by atoms with Gasteiger partial charge in [-0.2, -0.15) is 0 Å². The van der Waals surface area contributed by atoms with Crippen LogP contribution in [0.25, 0.3) is 0 Å². The van der Waals surface area contributed by atoms with Gasteiger partial charge in [0.1, 0.15) is 12.4 Å². The fourth-order valence-electron chi connectivity index (χ4n) is 1.09. The number of carboxylic acids is 1. The Labute approximate surface area is 101 Å².